The summed E-state index contributed by atoms with van der Waals surface area (Å²) in [5, 5.41) is 26.9. The summed E-state index contributed by atoms with van der Waals surface area (Å²) in [6.07, 6.45) is -1.94. The number of aliphatic hydroxyl groups excluding tert-OH is 1. The molecule has 0 aliphatic carbocycles. The summed E-state index contributed by atoms with van der Waals surface area (Å²) in [6.45, 7) is 0. The number of hydrogen-bond donors (Lipinski definition) is 6. The fourth-order valence-corrected chi connectivity index (χ4v) is 2.70. The molecule has 1 aromatic carbocycles. The average molecular weight is 293 g/mol. The van der Waals surface area contributed by atoms with Crippen LogP contribution in [0.15, 0.2) is 12.1 Å². The van der Waals surface area contributed by atoms with E-state index in [2.05, 4.69) is 0 Å². The van der Waals surface area contributed by atoms with E-state index in [4.69, 9.17) is 24.1 Å². The van der Waals surface area contributed by atoms with Crippen molar-refractivity contribution in [3.8, 4) is 5.75 Å². The summed E-state index contributed by atoms with van der Waals surface area (Å²) >= 11 is -5.17. The molecule has 0 radical (unpaired) electrons. The molecule has 0 amide bonds. The van der Waals surface area contributed by atoms with Crippen LogP contribution in [0.2, 0.25) is 0 Å². The van der Waals surface area contributed by atoms with Crippen molar-refractivity contribution >= 4 is 24.2 Å². The van der Waals surface area contributed by atoms with Crippen LogP contribution in [0.1, 0.15) is 5.56 Å². The monoisotopic (exact) mass is 293 g/mol. The van der Waals surface area contributed by atoms with Crippen molar-refractivity contribution in [1.29, 1.82) is 0 Å². The normalized spacial score (nSPS) is 12.1. The molecule has 0 saturated carbocycles. The standard InChI is InChI=1S/C8H12AsNO6/c10-7-5(9(14,15)16)2-1-4(8(7)13)3-6(11)12/h1-2,6,11-13H,3,10H2,(H2,14,15,16). The first-order chi connectivity index (χ1) is 7.23. The first kappa shape index (κ1) is 13.1. The quantitative estimate of drug-likeness (QED) is 0.155. The van der Waals surface area contributed by atoms with Crippen LogP contribution in [-0.2, 0) is 10.2 Å². The summed E-state index contributed by atoms with van der Waals surface area (Å²) in [4.78, 5) is 0. The van der Waals surface area contributed by atoms with Gasteiger partial charge in [0.05, 0.1) is 0 Å². The Hall–Kier alpha value is -0.982. The number of aromatic hydroxyl groups is 1. The molecule has 0 unspecified atom stereocenters. The van der Waals surface area contributed by atoms with E-state index in [-0.39, 0.29) is 12.0 Å². The number of benzene rings is 1. The Morgan fingerprint density at radius 1 is 1.31 bits per heavy atom. The number of rotatable bonds is 3. The van der Waals surface area contributed by atoms with Crippen LogP contribution in [-0.4, -0.2) is 44.0 Å². The van der Waals surface area contributed by atoms with Crippen LogP contribution in [0, 0.1) is 0 Å². The molecule has 8 heteroatoms. The number of anilines is 1. The first-order valence-electron chi connectivity index (χ1n) is 4.26. The second-order valence-corrected chi connectivity index (χ2v) is 6.53. The van der Waals surface area contributed by atoms with Crippen LogP contribution < -0.4 is 10.1 Å². The Balaban J connectivity index is 3.24. The maximum atomic E-state index is 11.0. The molecule has 0 atom stereocenters. The summed E-state index contributed by atoms with van der Waals surface area (Å²) in [7, 11) is 0. The Kier molecular flexibility index (Phi) is 3.67. The Bertz CT molecular complexity index is 440. The third-order valence-electron chi connectivity index (χ3n) is 1.99. The van der Waals surface area contributed by atoms with E-state index in [0.29, 0.717) is 0 Å². The second-order valence-electron chi connectivity index (χ2n) is 3.23. The SMILES string of the molecule is Nc1c([As](=O)(O)O)ccc(CC(O)O)c1O. The summed E-state index contributed by atoms with van der Waals surface area (Å²) < 4.78 is 28.5. The van der Waals surface area contributed by atoms with Gasteiger partial charge in [0.15, 0.2) is 0 Å². The molecule has 90 valence electrons. The van der Waals surface area contributed by atoms with Crippen molar-refractivity contribution in [2.75, 3.05) is 5.73 Å². The van der Waals surface area contributed by atoms with Crippen molar-refractivity contribution in [2.24, 2.45) is 0 Å². The van der Waals surface area contributed by atoms with Gasteiger partial charge in [-0.2, -0.15) is 0 Å². The summed E-state index contributed by atoms with van der Waals surface area (Å²) in [5.41, 5.74) is 5.04. The van der Waals surface area contributed by atoms with Gasteiger partial charge in [0.1, 0.15) is 0 Å². The van der Waals surface area contributed by atoms with E-state index < -0.39 is 36.3 Å². The van der Waals surface area contributed by atoms with E-state index in [1.807, 2.05) is 0 Å². The van der Waals surface area contributed by atoms with Crippen LogP contribution >= 0.6 is 0 Å². The second kappa shape index (κ2) is 4.48. The molecular formula is C8H12AsNO6. The molecule has 0 spiro atoms. The van der Waals surface area contributed by atoms with Gasteiger partial charge in [-0.1, -0.05) is 0 Å². The Morgan fingerprint density at radius 3 is 2.31 bits per heavy atom. The van der Waals surface area contributed by atoms with Crippen molar-refractivity contribution < 1.29 is 27.3 Å². The minimum absolute atomic E-state index is 0.111. The van der Waals surface area contributed by atoms with Gasteiger partial charge in [0.2, 0.25) is 0 Å². The first-order valence-corrected chi connectivity index (χ1v) is 7.64. The number of phenolic OH excluding ortho intramolecular Hbond substituents is 1. The fraction of sp³-hybridized carbons (Fsp3) is 0.250. The zero-order valence-corrected chi connectivity index (χ0v) is 9.98. The van der Waals surface area contributed by atoms with Crippen molar-refractivity contribution in [3.63, 3.8) is 0 Å². The van der Waals surface area contributed by atoms with E-state index in [0.717, 1.165) is 6.07 Å². The maximum absolute atomic E-state index is 11.0. The van der Waals surface area contributed by atoms with Gasteiger partial charge >= 0.3 is 93.4 Å². The van der Waals surface area contributed by atoms with E-state index >= 15 is 0 Å². The van der Waals surface area contributed by atoms with Gasteiger partial charge in [0, 0.05) is 0 Å². The van der Waals surface area contributed by atoms with Crippen LogP contribution in [0.4, 0.5) is 5.69 Å². The molecule has 0 saturated heterocycles. The number of nitrogens with two attached hydrogens (primary N) is 1. The van der Waals surface area contributed by atoms with Crippen LogP contribution in [0.5, 0.6) is 5.75 Å². The molecule has 0 heterocycles. The van der Waals surface area contributed by atoms with Crippen LogP contribution in [0.3, 0.4) is 0 Å². The minimum atomic E-state index is -5.17. The number of nitrogen functional groups attached to an aromatic ring is 1. The Morgan fingerprint density at radius 2 is 1.88 bits per heavy atom. The van der Waals surface area contributed by atoms with E-state index in [9.17, 15) is 8.85 Å². The number of phenols is 1. The van der Waals surface area contributed by atoms with Gasteiger partial charge in [0.25, 0.3) is 0 Å². The molecular weight excluding hydrogens is 281 g/mol. The molecule has 0 aliphatic rings. The predicted octanol–water partition coefficient (Wildman–Crippen LogP) is -2.61. The number of aliphatic hydroxyl groups is 2. The molecule has 7 N–H and O–H groups in total. The van der Waals surface area contributed by atoms with Gasteiger partial charge in [-0.05, 0) is 0 Å². The van der Waals surface area contributed by atoms with Gasteiger partial charge in [-0.3, -0.25) is 0 Å². The molecule has 1 aromatic rings. The van der Waals surface area contributed by atoms with Crippen molar-refractivity contribution in [2.45, 2.75) is 12.7 Å². The zero-order chi connectivity index (χ0) is 12.5. The third kappa shape index (κ3) is 2.78. The molecule has 7 nitrogen and oxygen atoms in total. The van der Waals surface area contributed by atoms with E-state index in [1.165, 1.54) is 6.07 Å². The van der Waals surface area contributed by atoms with E-state index in [1.54, 1.807) is 0 Å². The van der Waals surface area contributed by atoms with Crippen molar-refractivity contribution in [3.05, 3.63) is 17.7 Å². The average Bonchev–Trinajstić information content (AvgIpc) is 2.10. The van der Waals surface area contributed by atoms with Crippen molar-refractivity contribution in [1.82, 2.24) is 0 Å². The molecule has 1 rings (SSSR count). The van der Waals surface area contributed by atoms with Gasteiger partial charge < -0.3 is 0 Å². The molecule has 16 heavy (non-hydrogen) atoms. The van der Waals surface area contributed by atoms with Crippen LogP contribution in [0.25, 0.3) is 0 Å². The van der Waals surface area contributed by atoms with Gasteiger partial charge in [-0.15, -0.1) is 0 Å². The number of hydrogen-bond acceptors (Lipinski definition) is 5. The fourth-order valence-electron chi connectivity index (χ4n) is 1.26. The van der Waals surface area contributed by atoms with Gasteiger partial charge in [-0.25, -0.2) is 0 Å². The molecule has 0 fully saturated rings. The topological polar surface area (TPSA) is 144 Å². The Labute approximate surface area is 93.8 Å². The molecule has 0 aliphatic heterocycles. The summed E-state index contributed by atoms with van der Waals surface area (Å²) in [6, 6.07) is 2.27. The molecule has 0 aromatic heterocycles. The zero-order valence-electron chi connectivity index (χ0n) is 8.11. The predicted molar refractivity (Wildman–Crippen MR) is 55.0 cm³/mol. The molecule has 0 bridgehead atoms. The third-order valence-corrected chi connectivity index (χ3v) is 4.13. The summed E-state index contributed by atoms with van der Waals surface area (Å²) in [5.74, 6) is -0.532.